The molecule has 0 aliphatic heterocycles. The Morgan fingerprint density at radius 2 is 0.636 bits per heavy atom. The van der Waals surface area contributed by atoms with Crippen molar-refractivity contribution in [1.82, 2.24) is 0 Å². The summed E-state index contributed by atoms with van der Waals surface area (Å²) in [5, 5.41) is 80.4. The number of nitrogens with zero attached hydrogens (tertiary/aromatic N) is 6. The SMILES string of the molecule is O=[N+]([O-])c1cc([N+](=O)[O-])c(O)c([N+](=O)[O-])c1.O=[N+]([O-])c1cc([N+](=O)[O-])c(O)c([N+](=O)[O-])c1.[Cd]. The van der Waals surface area contributed by atoms with E-state index in [0.29, 0.717) is 24.3 Å². The molecule has 0 aliphatic carbocycles. The van der Waals surface area contributed by atoms with Crippen molar-refractivity contribution in [3.8, 4) is 11.5 Å². The molecule has 2 aromatic carbocycles. The fraction of sp³-hybridized carbons (Fsp3) is 0. The number of phenols is 2. The van der Waals surface area contributed by atoms with Crippen molar-refractivity contribution < 1.29 is 67.1 Å². The molecule has 2 aromatic rings. The Morgan fingerprint density at radius 1 is 0.455 bits per heavy atom. The van der Waals surface area contributed by atoms with E-state index in [4.69, 9.17) is 10.2 Å². The molecule has 0 aromatic heterocycles. The first-order chi connectivity index (χ1) is 14.7. The number of hydrogen-bond donors (Lipinski definition) is 2. The van der Waals surface area contributed by atoms with Gasteiger partial charge in [0.05, 0.1) is 53.8 Å². The number of phenolic OH excluding ortho intramolecular Hbond substituents is 2. The van der Waals surface area contributed by atoms with Crippen LogP contribution in [-0.2, 0) is 27.3 Å². The summed E-state index contributed by atoms with van der Waals surface area (Å²) in [4.78, 5) is 55.5. The van der Waals surface area contributed by atoms with Crippen molar-refractivity contribution in [2.45, 2.75) is 0 Å². The van der Waals surface area contributed by atoms with Crippen LogP contribution in [0.4, 0.5) is 34.1 Å². The number of non-ortho nitro benzene ring substituents is 2. The van der Waals surface area contributed by atoms with Crippen molar-refractivity contribution in [2.24, 2.45) is 0 Å². The van der Waals surface area contributed by atoms with Crippen molar-refractivity contribution in [3.05, 3.63) is 85.0 Å². The van der Waals surface area contributed by atoms with E-state index in [2.05, 4.69) is 0 Å². The van der Waals surface area contributed by atoms with Crippen LogP contribution in [0.1, 0.15) is 0 Å². The first kappa shape index (κ1) is 28.4. The number of rotatable bonds is 6. The minimum absolute atomic E-state index is 0. The van der Waals surface area contributed by atoms with E-state index in [1.807, 2.05) is 0 Å². The molecule has 0 saturated heterocycles. The van der Waals surface area contributed by atoms with Gasteiger partial charge < -0.3 is 10.2 Å². The maximum atomic E-state index is 10.4. The molecular formula is C12H6CdN6O14. The van der Waals surface area contributed by atoms with E-state index in [9.17, 15) is 60.7 Å². The first-order valence-electron chi connectivity index (χ1n) is 7.29. The van der Waals surface area contributed by atoms with Crippen LogP contribution in [0.2, 0.25) is 0 Å². The molecule has 0 fully saturated rings. The normalized spacial score (nSPS) is 9.45. The number of hydrogen-bond acceptors (Lipinski definition) is 14. The van der Waals surface area contributed by atoms with Gasteiger partial charge in [0.1, 0.15) is 0 Å². The molecule has 0 heterocycles. The Kier molecular flexibility index (Phi) is 9.55. The summed E-state index contributed by atoms with van der Waals surface area (Å²) >= 11 is 0. The summed E-state index contributed by atoms with van der Waals surface area (Å²) in [5.41, 5.74) is -6.00. The Balaban J connectivity index is 0.000000602. The minimum Gasteiger partial charge on any atom is -0.497 e. The van der Waals surface area contributed by atoms with Gasteiger partial charge in [-0.2, -0.15) is 0 Å². The summed E-state index contributed by atoms with van der Waals surface area (Å²) in [6.07, 6.45) is 0. The first-order valence-corrected chi connectivity index (χ1v) is 7.29. The second-order valence-corrected chi connectivity index (χ2v) is 5.21. The molecular weight excluding hydrogens is 565 g/mol. The Hall–Kier alpha value is -4.64. The molecule has 20 nitrogen and oxygen atoms in total. The minimum atomic E-state index is -1.21. The van der Waals surface area contributed by atoms with Gasteiger partial charge in [-0.1, -0.05) is 0 Å². The van der Waals surface area contributed by atoms with Crippen LogP contribution in [0.15, 0.2) is 24.3 Å². The molecule has 0 atom stereocenters. The zero-order valence-electron chi connectivity index (χ0n) is 15.5. The van der Waals surface area contributed by atoms with Crippen molar-refractivity contribution in [2.75, 3.05) is 0 Å². The summed E-state index contributed by atoms with van der Waals surface area (Å²) < 4.78 is 0. The molecule has 170 valence electrons. The van der Waals surface area contributed by atoms with Crippen LogP contribution in [-0.4, -0.2) is 39.8 Å². The van der Waals surface area contributed by atoms with Crippen LogP contribution in [0.5, 0.6) is 11.5 Å². The van der Waals surface area contributed by atoms with Crippen LogP contribution >= 0.6 is 0 Å². The number of nitro benzene ring substituents is 6. The van der Waals surface area contributed by atoms with Crippen molar-refractivity contribution >= 4 is 34.1 Å². The van der Waals surface area contributed by atoms with Crippen LogP contribution in [0.25, 0.3) is 0 Å². The molecule has 0 radical (unpaired) electrons. The van der Waals surface area contributed by atoms with Gasteiger partial charge in [-0.3, -0.25) is 60.7 Å². The maximum Gasteiger partial charge on any atom is 0.324 e. The summed E-state index contributed by atoms with van der Waals surface area (Å²) in [6, 6.07) is 1.79. The van der Waals surface area contributed by atoms with E-state index in [1.165, 1.54) is 0 Å². The number of aromatic hydroxyl groups is 2. The quantitative estimate of drug-likeness (QED) is 0.286. The summed E-state index contributed by atoms with van der Waals surface area (Å²) in [7, 11) is 0. The van der Waals surface area contributed by atoms with Gasteiger partial charge in [-0.05, 0) is 0 Å². The second-order valence-electron chi connectivity index (χ2n) is 5.21. The predicted octanol–water partition coefficient (Wildman–Crippen LogP) is 2.23. The monoisotopic (exact) mass is 572 g/mol. The smallest absolute Gasteiger partial charge is 0.324 e. The average molecular weight is 571 g/mol. The Morgan fingerprint density at radius 3 is 0.758 bits per heavy atom. The van der Waals surface area contributed by atoms with Gasteiger partial charge >= 0.3 is 22.7 Å². The van der Waals surface area contributed by atoms with Crippen LogP contribution in [0.3, 0.4) is 0 Å². The zero-order valence-corrected chi connectivity index (χ0v) is 19.5. The molecule has 0 saturated carbocycles. The largest absolute Gasteiger partial charge is 0.497 e. The molecule has 2 rings (SSSR count). The fourth-order valence-electron chi connectivity index (χ4n) is 1.95. The van der Waals surface area contributed by atoms with Gasteiger partial charge in [-0.15, -0.1) is 0 Å². The van der Waals surface area contributed by atoms with E-state index in [1.54, 1.807) is 0 Å². The topological polar surface area (TPSA) is 299 Å². The third kappa shape index (κ3) is 6.67. The van der Waals surface area contributed by atoms with E-state index < -0.39 is 75.2 Å². The third-order valence-electron chi connectivity index (χ3n) is 3.32. The molecule has 0 bridgehead atoms. The zero-order chi connectivity index (χ0) is 24.9. The summed E-state index contributed by atoms with van der Waals surface area (Å²) in [6.45, 7) is 0. The standard InChI is InChI=1S/2C6H3N3O7.Cd/c2*10-6-4(8(13)14)1-3(7(11)12)2-5(6)9(15)16;/h2*1-2,10H;. The van der Waals surface area contributed by atoms with E-state index in [-0.39, 0.29) is 27.3 Å². The molecule has 0 amide bonds. The average Bonchev–Trinajstić information content (AvgIpc) is 2.67. The molecule has 21 heteroatoms. The maximum absolute atomic E-state index is 10.4. The Bertz CT molecular complexity index is 1020. The number of benzene rings is 2. The van der Waals surface area contributed by atoms with Gasteiger partial charge in [0, 0.05) is 27.3 Å². The molecule has 33 heavy (non-hydrogen) atoms. The van der Waals surface area contributed by atoms with Crippen LogP contribution in [0, 0.1) is 60.7 Å². The van der Waals surface area contributed by atoms with Crippen LogP contribution < -0.4 is 0 Å². The van der Waals surface area contributed by atoms with Crippen molar-refractivity contribution in [1.29, 1.82) is 0 Å². The van der Waals surface area contributed by atoms with Crippen molar-refractivity contribution in [3.63, 3.8) is 0 Å². The van der Waals surface area contributed by atoms with Gasteiger partial charge in [0.15, 0.2) is 0 Å². The molecule has 0 unspecified atom stereocenters. The predicted molar refractivity (Wildman–Crippen MR) is 96.1 cm³/mol. The van der Waals surface area contributed by atoms with Gasteiger partial charge in [-0.25, -0.2) is 0 Å². The van der Waals surface area contributed by atoms with Gasteiger partial charge in [0.2, 0.25) is 0 Å². The van der Waals surface area contributed by atoms with Gasteiger partial charge in [0.25, 0.3) is 22.9 Å². The van der Waals surface area contributed by atoms with E-state index in [0.717, 1.165) is 0 Å². The van der Waals surface area contributed by atoms with E-state index >= 15 is 0 Å². The molecule has 2 N–H and O–H groups in total. The molecule has 0 spiro atoms. The second kappa shape index (κ2) is 11.1. The summed E-state index contributed by atoms with van der Waals surface area (Å²) in [5.74, 6) is -2.42. The fourth-order valence-corrected chi connectivity index (χ4v) is 1.95. The Labute approximate surface area is 197 Å². The third-order valence-corrected chi connectivity index (χ3v) is 3.32. The molecule has 0 aliphatic rings. The number of nitro groups is 6.